The molecule has 0 amide bonds. The third-order valence-electron chi connectivity index (χ3n) is 2.81. The lowest BCUT2D eigenvalue weighted by Gasteiger charge is -2.04. The van der Waals surface area contributed by atoms with Crippen molar-refractivity contribution in [2.45, 2.75) is 26.0 Å². The molecule has 86 valence electrons. The summed E-state index contributed by atoms with van der Waals surface area (Å²) >= 11 is 4.30. The maximum absolute atomic E-state index is 4.67. The van der Waals surface area contributed by atoms with Gasteiger partial charge in [-0.1, -0.05) is 19.9 Å². The van der Waals surface area contributed by atoms with Gasteiger partial charge >= 0.3 is 0 Å². The largest absolute Gasteiger partial charge is 0.331 e. The van der Waals surface area contributed by atoms with Crippen LogP contribution >= 0.6 is 12.6 Å². The van der Waals surface area contributed by atoms with Crippen LogP contribution in [0.3, 0.4) is 0 Å². The molecule has 0 aliphatic heterocycles. The van der Waals surface area contributed by atoms with Crippen LogP contribution in [-0.2, 0) is 19.2 Å². The standard InChI is InChI=1S/C13H18N2S/c1-9(2)6-13-14-11-5-4-10(8-16)7-12(11)15(13)3/h4-5,7,9,16H,6,8H2,1-3H3. The lowest BCUT2D eigenvalue weighted by molar-refractivity contribution is 0.606. The van der Waals surface area contributed by atoms with Crippen molar-refractivity contribution in [2.24, 2.45) is 13.0 Å². The second kappa shape index (κ2) is 4.50. The summed E-state index contributed by atoms with van der Waals surface area (Å²) in [6.45, 7) is 4.44. The molecule has 0 N–H and O–H groups in total. The van der Waals surface area contributed by atoms with Gasteiger partial charge in [0.2, 0.25) is 0 Å². The summed E-state index contributed by atoms with van der Waals surface area (Å²) in [5.74, 6) is 2.59. The Kier molecular flexibility index (Phi) is 3.24. The molecule has 2 aromatic rings. The lowest BCUT2D eigenvalue weighted by atomic mass is 10.1. The number of benzene rings is 1. The molecular weight excluding hydrogens is 216 g/mol. The number of fused-ring (bicyclic) bond motifs is 1. The van der Waals surface area contributed by atoms with Gasteiger partial charge in [-0.3, -0.25) is 0 Å². The summed E-state index contributed by atoms with van der Waals surface area (Å²) in [5.41, 5.74) is 3.54. The van der Waals surface area contributed by atoms with Crippen molar-refractivity contribution in [2.75, 3.05) is 0 Å². The topological polar surface area (TPSA) is 17.8 Å². The van der Waals surface area contributed by atoms with E-state index in [9.17, 15) is 0 Å². The fraction of sp³-hybridized carbons (Fsp3) is 0.462. The maximum atomic E-state index is 4.67. The van der Waals surface area contributed by atoms with Crippen LogP contribution in [0.5, 0.6) is 0 Å². The number of aryl methyl sites for hydroxylation is 1. The Morgan fingerprint density at radius 2 is 2.12 bits per heavy atom. The van der Waals surface area contributed by atoms with Gasteiger partial charge in [0.15, 0.2) is 0 Å². The van der Waals surface area contributed by atoms with Crippen LogP contribution in [0.1, 0.15) is 25.2 Å². The normalized spacial score (nSPS) is 11.6. The minimum atomic E-state index is 0.639. The number of hydrogen-bond donors (Lipinski definition) is 1. The molecule has 2 nitrogen and oxygen atoms in total. The average molecular weight is 234 g/mol. The molecule has 0 unspecified atom stereocenters. The molecule has 0 spiro atoms. The van der Waals surface area contributed by atoms with Crippen molar-refractivity contribution >= 4 is 23.7 Å². The SMILES string of the molecule is CC(C)Cc1nc2ccc(CS)cc2n1C. The number of imidazole rings is 1. The number of aromatic nitrogens is 2. The number of thiol groups is 1. The van der Waals surface area contributed by atoms with Gasteiger partial charge < -0.3 is 4.57 Å². The minimum absolute atomic E-state index is 0.639. The van der Waals surface area contributed by atoms with Crippen LogP contribution in [0.25, 0.3) is 11.0 Å². The zero-order valence-corrected chi connectivity index (χ0v) is 11.0. The first-order chi connectivity index (χ1) is 7.61. The minimum Gasteiger partial charge on any atom is -0.331 e. The predicted octanol–water partition coefficient (Wildman–Crippen LogP) is 3.20. The van der Waals surface area contributed by atoms with Crippen LogP contribution in [-0.4, -0.2) is 9.55 Å². The highest BCUT2D eigenvalue weighted by molar-refractivity contribution is 7.79. The fourth-order valence-electron chi connectivity index (χ4n) is 1.93. The zero-order chi connectivity index (χ0) is 11.7. The van der Waals surface area contributed by atoms with Crippen LogP contribution in [0.4, 0.5) is 0 Å². The first kappa shape index (κ1) is 11.5. The van der Waals surface area contributed by atoms with E-state index in [-0.39, 0.29) is 0 Å². The summed E-state index contributed by atoms with van der Waals surface area (Å²) in [6.07, 6.45) is 1.03. The summed E-state index contributed by atoms with van der Waals surface area (Å²) in [7, 11) is 2.09. The van der Waals surface area contributed by atoms with E-state index in [1.165, 1.54) is 16.9 Å². The Hall–Kier alpha value is -0.960. The third kappa shape index (κ3) is 2.09. The Morgan fingerprint density at radius 1 is 1.38 bits per heavy atom. The lowest BCUT2D eigenvalue weighted by Crippen LogP contribution is -2.02. The van der Waals surface area contributed by atoms with Crippen molar-refractivity contribution < 1.29 is 0 Å². The molecule has 1 aromatic heterocycles. The van der Waals surface area contributed by atoms with Gasteiger partial charge in [0.25, 0.3) is 0 Å². The number of rotatable bonds is 3. The van der Waals surface area contributed by atoms with E-state index in [0.717, 1.165) is 17.7 Å². The van der Waals surface area contributed by atoms with E-state index in [0.29, 0.717) is 5.92 Å². The smallest absolute Gasteiger partial charge is 0.109 e. The molecule has 0 radical (unpaired) electrons. The first-order valence-corrected chi connectivity index (χ1v) is 6.30. The van der Waals surface area contributed by atoms with Crippen molar-refractivity contribution in [3.63, 3.8) is 0 Å². The van der Waals surface area contributed by atoms with Gasteiger partial charge in [-0.15, -0.1) is 0 Å². The molecule has 1 heterocycles. The van der Waals surface area contributed by atoms with Crippen LogP contribution < -0.4 is 0 Å². The molecule has 0 fully saturated rings. The van der Waals surface area contributed by atoms with E-state index < -0.39 is 0 Å². The monoisotopic (exact) mass is 234 g/mol. The number of nitrogens with zero attached hydrogens (tertiary/aromatic N) is 2. The Balaban J connectivity index is 2.50. The molecule has 0 bridgehead atoms. The van der Waals surface area contributed by atoms with Gasteiger partial charge in [-0.05, 0) is 23.6 Å². The predicted molar refractivity (Wildman–Crippen MR) is 71.9 cm³/mol. The Bertz CT molecular complexity index is 500. The molecule has 0 aliphatic rings. The zero-order valence-electron chi connectivity index (χ0n) is 10.1. The van der Waals surface area contributed by atoms with Crippen molar-refractivity contribution in [1.82, 2.24) is 9.55 Å². The van der Waals surface area contributed by atoms with E-state index in [2.05, 4.69) is 61.3 Å². The highest BCUT2D eigenvalue weighted by Gasteiger charge is 2.09. The average Bonchev–Trinajstić information content (AvgIpc) is 2.55. The molecule has 1 aromatic carbocycles. The van der Waals surface area contributed by atoms with Gasteiger partial charge in [-0.2, -0.15) is 12.6 Å². The van der Waals surface area contributed by atoms with E-state index >= 15 is 0 Å². The summed E-state index contributed by atoms with van der Waals surface area (Å²) in [4.78, 5) is 4.67. The summed E-state index contributed by atoms with van der Waals surface area (Å²) in [5, 5.41) is 0. The molecule has 0 saturated carbocycles. The molecule has 0 atom stereocenters. The third-order valence-corrected chi connectivity index (χ3v) is 3.18. The van der Waals surface area contributed by atoms with Crippen molar-refractivity contribution in [1.29, 1.82) is 0 Å². The molecule has 3 heteroatoms. The molecule has 2 rings (SSSR count). The highest BCUT2D eigenvalue weighted by Crippen LogP contribution is 2.19. The maximum Gasteiger partial charge on any atom is 0.109 e. The summed E-state index contributed by atoms with van der Waals surface area (Å²) < 4.78 is 2.20. The second-order valence-electron chi connectivity index (χ2n) is 4.67. The molecule has 16 heavy (non-hydrogen) atoms. The fourth-order valence-corrected chi connectivity index (χ4v) is 2.13. The molecule has 0 saturated heterocycles. The second-order valence-corrected chi connectivity index (χ2v) is 4.98. The highest BCUT2D eigenvalue weighted by atomic mass is 32.1. The van der Waals surface area contributed by atoms with Crippen LogP contribution in [0, 0.1) is 5.92 Å². The summed E-state index contributed by atoms with van der Waals surface area (Å²) in [6, 6.07) is 6.37. The van der Waals surface area contributed by atoms with E-state index in [1.54, 1.807) is 0 Å². The van der Waals surface area contributed by atoms with E-state index in [4.69, 9.17) is 0 Å². The van der Waals surface area contributed by atoms with Crippen LogP contribution in [0.2, 0.25) is 0 Å². The Labute approximate surface area is 102 Å². The molecular formula is C13H18N2S. The van der Waals surface area contributed by atoms with Gasteiger partial charge in [0.1, 0.15) is 5.82 Å². The number of hydrogen-bond acceptors (Lipinski definition) is 2. The van der Waals surface area contributed by atoms with Crippen molar-refractivity contribution in [3.05, 3.63) is 29.6 Å². The van der Waals surface area contributed by atoms with E-state index in [1.807, 2.05) is 0 Å². The van der Waals surface area contributed by atoms with Gasteiger partial charge in [-0.25, -0.2) is 4.98 Å². The quantitative estimate of drug-likeness (QED) is 0.807. The Morgan fingerprint density at radius 3 is 2.75 bits per heavy atom. The van der Waals surface area contributed by atoms with Gasteiger partial charge in [0.05, 0.1) is 11.0 Å². The van der Waals surface area contributed by atoms with Crippen LogP contribution in [0.15, 0.2) is 18.2 Å². The van der Waals surface area contributed by atoms with Crippen molar-refractivity contribution in [3.8, 4) is 0 Å². The van der Waals surface area contributed by atoms with Gasteiger partial charge in [0, 0.05) is 19.2 Å². The molecule has 0 aliphatic carbocycles. The first-order valence-electron chi connectivity index (χ1n) is 5.67.